The second-order valence-corrected chi connectivity index (χ2v) is 11.6. The molecule has 2 saturated heterocycles. The van der Waals surface area contributed by atoms with Crippen LogP contribution < -0.4 is 0 Å². The number of rotatable bonds is 9. The van der Waals surface area contributed by atoms with Crippen LogP contribution in [0.2, 0.25) is 0 Å². The maximum atomic E-state index is 14.0. The summed E-state index contributed by atoms with van der Waals surface area (Å²) in [5, 5.41) is 0. The van der Waals surface area contributed by atoms with Gasteiger partial charge in [-0.25, -0.2) is 0 Å². The van der Waals surface area contributed by atoms with Gasteiger partial charge in [0.25, 0.3) is 5.91 Å². The first kappa shape index (κ1) is 42.5. The fourth-order valence-electron chi connectivity index (χ4n) is 6.01. The van der Waals surface area contributed by atoms with Crippen LogP contribution in [0, 0.1) is 0 Å². The lowest BCUT2D eigenvalue weighted by Crippen LogP contribution is -2.57. The molecule has 2 aliphatic heterocycles. The smallest absolute Gasteiger partial charge is 0.382 e. The topological polar surface area (TPSA) is 58.1 Å². The Kier molecular flexibility index (Phi) is 16.1. The summed E-state index contributed by atoms with van der Waals surface area (Å²) >= 11 is 0. The second-order valence-electron chi connectivity index (χ2n) is 11.6. The van der Waals surface area contributed by atoms with Crippen molar-refractivity contribution in [2.24, 2.45) is 0 Å². The van der Waals surface area contributed by atoms with Crippen LogP contribution in [0.25, 0.3) is 11.1 Å². The summed E-state index contributed by atoms with van der Waals surface area (Å²) in [6.45, 7) is 5.15. The van der Waals surface area contributed by atoms with Gasteiger partial charge >= 0.3 is 12.4 Å². The van der Waals surface area contributed by atoms with E-state index in [4.69, 9.17) is 9.47 Å². The van der Waals surface area contributed by atoms with Crippen molar-refractivity contribution in [3.8, 4) is 11.1 Å². The SMILES string of the molecule is COC[C@@H]1CN(CCN2CCN(C(=O)c3cc(-c4ccncc4)cc(C(F)(F)F)c3)[C@H](Cc3ccc(C(F)(F)F)cc3)C2)CCO1.Cl.Cl.Cl. The van der Waals surface area contributed by atoms with E-state index in [1.54, 1.807) is 24.1 Å². The van der Waals surface area contributed by atoms with E-state index in [2.05, 4.69) is 14.8 Å². The quantitative estimate of drug-likeness (QED) is 0.225. The molecule has 0 unspecified atom stereocenters. The number of hydrogen-bond donors (Lipinski definition) is 0. The van der Waals surface area contributed by atoms with E-state index >= 15 is 0 Å². The first-order chi connectivity index (χ1) is 21.9. The molecule has 0 saturated carbocycles. The Balaban J connectivity index is 0.00000278. The van der Waals surface area contributed by atoms with Crippen molar-refractivity contribution in [2.45, 2.75) is 30.9 Å². The molecule has 0 bridgehead atoms. The Morgan fingerprint density at radius 1 is 0.816 bits per heavy atom. The molecule has 2 fully saturated rings. The Morgan fingerprint density at radius 3 is 2.06 bits per heavy atom. The molecule has 3 heterocycles. The number of hydrogen-bond acceptors (Lipinski definition) is 6. The minimum Gasteiger partial charge on any atom is -0.382 e. The number of aromatic nitrogens is 1. The van der Waals surface area contributed by atoms with Gasteiger partial charge in [0.15, 0.2) is 0 Å². The highest BCUT2D eigenvalue weighted by Gasteiger charge is 2.36. The van der Waals surface area contributed by atoms with Crippen molar-refractivity contribution >= 4 is 43.1 Å². The summed E-state index contributed by atoms with van der Waals surface area (Å²) in [5.41, 5.74) is -0.521. The number of ether oxygens (including phenoxy) is 2. The third kappa shape index (κ3) is 11.4. The van der Waals surface area contributed by atoms with Crippen molar-refractivity contribution in [3.63, 3.8) is 0 Å². The van der Waals surface area contributed by atoms with E-state index in [-0.39, 0.29) is 67.4 Å². The number of methoxy groups -OCH3 is 1. The molecule has 1 amide bonds. The third-order valence-corrected chi connectivity index (χ3v) is 8.41. The number of carbonyl (C=O) groups excluding carboxylic acids is 1. The van der Waals surface area contributed by atoms with E-state index in [0.717, 1.165) is 43.9 Å². The van der Waals surface area contributed by atoms with Crippen LogP contribution in [0.4, 0.5) is 26.3 Å². The van der Waals surface area contributed by atoms with Crippen molar-refractivity contribution < 1.29 is 40.6 Å². The van der Waals surface area contributed by atoms with E-state index in [1.165, 1.54) is 30.6 Å². The number of halogens is 9. The van der Waals surface area contributed by atoms with E-state index in [1.807, 2.05) is 0 Å². The van der Waals surface area contributed by atoms with Crippen LogP contribution in [0.3, 0.4) is 0 Å². The first-order valence-corrected chi connectivity index (χ1v) is 15.1. The maximum absolute atomic E-state index is 14.0. The van der Waals surface area contributed by atoms with Crippen LogP contribution in [-0.2, 0) is 28.2 Å². The zero-order valence-corrected chi connectivity index (χ0v) is 29.0. The minimum absolute atomic E-state index is 0. The maximum Gasteiger partial charge on any atom is 0.416 e. The summed E-state index contributed by atoms with van der Waals surface area (Å²) in [6, 6.07) is 10.8. The molecule has 2 atom stereocenters. The van der Waals surface area contributed by atoms with Crippen molar-refractivity contribution in [3.05, 3.63) is 89.2 Å². The zero-order chi connectivity index (χ0) is 32.9. The fourth-order valence-corrected chi connectivity index (χ4v) is 6.01. The van der Waals surface area contributed by atoms with Crippen LogP contribution in [-0.4, -0.2) is 104 Å². The average molecular weight is 760 g/mol. The first-order valence-electron chi connectivity index (χ1n) is 15.1. The van der Waals surface area contributed by atoms with E-state index < -0.39 is 35.4 Å². The van der Waals surface area contributed by atoms with Crippen molar-refractivity contribution in [2.75, 3.05) is 66.1 Å². The molecule has 0 N–H and O–H groups in total. The van der Waals surface area contributed by atoms with Crippen molar-refractivity contribution in [1.29, 1.82) is 0 Å². The molecule has 272 valence electrons. The van der Waals surface area contributed by atoms with Crippen LogP contribution in [0.1, 0.15) is 27.0 Å². The lowest BCUT2D eigenvalue weighted by atomic mass is 9.97. The van der Waals surface area contributed by atoms with E-state index in [0.29, 0.717) is 44.0 Å². The number of carbonyl (C=O) groups is 1. The van der Waals surface area contributed by atoms with Gasteiger partial charge in [-0.2, -0.15) is 26.3 Å². The predicted octanol–water partition coefficient (Wildman–Crippen LogP) is 6.77. The monoisotopic (exact) mass is 758 g/mol. The van der Waals surface area contributed by atoms with Crippen molar-refractivity contribution in [1.82, 2.24) is 19.7 Å². The van der Waals surface area contributed by atoms with Gasteiger partial charge in [-0.1, -0.05) is 12.1 Å². The van der Waals surface area contributed by atoms with Gasteiger partial charge in [-0.3, -0.25) is 19.6 Å². The van der Waals surface area contributed by atoms with Crippen LogP contribution >= 0.6 is 37.2 Å². The number of pyridine rings is 1. The van der Waals surface area contributed by atoms with Gasteiger partial charge in [-0.15, -0.1) is 37.2 Å². The average Bonchev–Trinajstić information content (AvgIpc) is 3.03. The molecule has 1 aromatic heterocycles. The second kappa shape index (κ2) is 18.5. The van der Waals surface area contributed by atoms with Gasteiger partial charge in [0, 0.05) is 76.9 Å². The van der Waals surface area contributed by atoms with E-state index in [9.17, 15) is 31.1 Å². The Hall–Kier alpha value is -2.65. The predicted molar refractivity (Wildman–Crippen MR) is 181 cm³/mol. The Morgan fingerprint density at radius 2 is 1.45 bits per heavy atom. The summed E-state index contributed by atoms with van der Waals surface area (Å²) in [4.78, 5) is 24.0. The highest BCUT2D eigenvalue weighted by atomic mass is 35.5. The molecule has 2 aliphatic rings. The minimum atomic E-state index is -4.68. The van der Waals surface area contributed by atoms with Crippen LogP contribution in [0.5, 0.6) is 0 Å². The molecule has 3 aromatic rings. The lowest BCUT2D eigenvalue weighted by Gasteiger charge is -2.43. The molecule has 49 heavy (non-hydrogen) atoms. The highest BCUT2D eigenvalue weighted by Crippen LogP contribution is 2.34. The number of alkyl halides is 6. The number of amides is 1. The fraction of sp³-hybridized carbons (Fsp3) is 0.455. The number of piperazine rings is 1. The number of morpholine rings is 1. The molecular formula is C33H39Cl3F6N4O3. The van der Waals surface area contributed by atoms with Gasteiger partial charge < -0.3 is 14.4 Å². The summed E-state index contributed by atoms with van der Waals surface area (Å²) in [7, 11) is 1.62. The molecule has 0 radical (unpaired) electrons. The Labute approximate surface area is 300 Å². The number of nitrogens with zero attached hydrogens (tertiary/aromatic N) is 4. The summed E-state index contributed by atoms with van der Waals surface area (Å²) in [5.74, 6) is -0.562. The molecule has 0 spiro atoms. The van der Waals surface area contributed by atoms with Gasteiger partial charge in [0.1, 0.15) is 0 Å². The summed E-state index contributed by atoms with van der Waals surface area (Å²) < 4.78 is 92.4. The molecule has 0 aliphatic carbocycles. The van der Waals surface area contributed by atoms with Gasteiger partial charge in [0.05, 0.1) is 30.4 Å². The largest absolute Gasteiger partial charge is 0.416 e. The zero-order valence-electron chi connectivity index (χ0n) is 26.6. The van der Waals surface area contributed by atoms with Gasteiger partial charge in [-0.05, 0) is 65.6 Å². The molecule has 5 rings (SSSR count). The number of benzene rings is 2. The standard InChI is InChI=1S/C33H36F6N4O3.3ClH/c1-45-22-30-21-42(14-15-46-30)11-10-41-12-13-43(29(20-41)16-23-2-4-27(5-3-23)32(34,35)36)31(44)26-17-25(24-6-8-40-9-7-24)18-28(19-26)33(37,38)39;;;/h2-9,17-19,29-30H,10-16,20-22H2,1H3;3*1H/t29-,30+;;;/m1.../s1. The molecule has 2 aromatic carbocycles. The molecule has 16 heteroatoms. The normalized spacial score (nSPS) is 19.0. The highest BCUT2D eigenvalue weighted by molar-refractivity contribution is 5.96. The molecule has 7 nitrogen and oxygen atoms in total. The summed E-state index contributed by atoms with van der Waals surface area (Å²) in [6.07, 6.45) is -6.02. The Bertz CT molecular complexity index is 1470. The van der Waals surface area contributed by atoms with Gasteiger partial charge in [0.2, 0.25) is 0 Å². The van der Waals surface area contributed by atoms with Crippen LogP contribution in [0.15, 0.2) is 67.0 Å². The lowest BCUT2D eigenvalue weighted by molar-refractivity contribution is -0.138. The molecular weight excluding hydrogens is 721 g/mol. The third-order valence-electron chi connectivity index (χ3n) is 8.41.